The third kappa shape index (κ3) is 7.20. The molecule has 2 N–H and O–H groups in total. The van der Waals surface area contributed by atoms with E-state index < -0.39 is 10.0 Å². The van der Waals surface area contributed by atoms with Crippen molar-refractivity contribution in [1.82, 2.24) is 15.0 Å². The molecule has 3 rings (SSSR count). The van der Waals surface area contributed by atoms with E-state index in [2.05, 4.69) is 15.0 Å². The lowest BCUT2D eigenvalue weighted by molar-refractivity contribution is 0.0947. The molecular weight excluding hydrogens is 430 g/mol. The first kappa shape index (κ1) is 23.0. The third-order valence-corrected chi connectivity index (χ3v) is 6.79. The average Bonchev–Trinajstić information content (AvgIpc) is 2.73. The molecule has 0 spiro atoms. The minimum atomic E-state index is -3.37. The van der Waals surface area contributed by atoms with Gasteiger partial charge in [0.1, 0.15) is 5.03 Å². The average molecular weight is 456 g/mol. The zero-order valence-corrected chi connectivity index (χ0v) is 19.0. The number of carbonyl (C=O) groups is 1. The maximum atomic E-state index is 12.7. The second-order valence-corrected chi connectivity index (χ2v) is 10.1. The van der Waals surface area contributed by atoms with Gasteiger partial charge in [-0.1, -0.05) is 54.2 Å². The van der Waals surface area contributed by atoms with Crippen LogP contribution in [0.2, 0.25) is 0 Å². The zero-order chi connectivity index (χ0) is 22.3. The summed E-state index contributed by atoms with van der Waals surface area (Å²) in [4.78, 5) is 18.1. The van der Waals surface area contributed by atoms with Crippen molar-refractivity contribution in [2.75, 3.05) is 0 Å². The monoisotopic (exact) mass is 455 g/mol. The molecule has 0 saturated carbocycles. The lowest BCUT2D eigenvalue weighted by Crippen LogP contribution is -2.31. The highest BCUT2D eigenvalue weighted by atomic mass is 32.2. The van der Waals surface area contributed by atoms with Crippen molar-refractivity contribution in [1.29, 1.82) is 0 Å². The van der Waals surface area contributed by atoms with E-state index in [0.717, 1.165) is 10.5 Å². The normalized spacial score (nSPS) is 11.5. The van der Waals surface area contributed by atoms with Crippen molar-refractivity contribution >= 4 is 27.7 Å². The SMILES string of the molecule is CC(C)NS(=O)(=O)Cc1ccc(CNC(=O)c2cccnc2Sc2ccccc2)cc1. The predicted octanol–water partition coefficient (Wildman–Crippen LogP) is 3.99. The molecule has 0 saturated heterocycles. The van der Waals surface area contributed by atoms with Crippen LogP contribution in [-0.2, 0) is 22.3 Å². The first-order chi connectivity index (χ1) is 14.8. The largest absolute Gasteiger partial charge is 0.348 e. The smallest absolute Gasteiger partial charge is 0.254 e. The number of benzene rings is 2. The third-order valence-electron chi connectivity index (χ3n) is 4.22. The first-order valence-corrected chi connectivity index (χ1v) is 12.3. The minimum Gasteiger partial charge on any atom is -0.348 e. The Hall–Kier alpha value is -2.68. The second-order valence-electron chi connectivity index (χ2n) is 7.30. The van der Waals surface area contributed by atoms with Gasteiger partial charge in [0.2, 0.25) is 10.0 Å². The maximum Gasteiger partial charge on any atom is 0.254 e. The summed E-state index contributed by atoms with van der Waals surface area (Å²) < 4.78 is 26.7. The second kappa shape index (κ2) is 10.6. The van der Waals surface area contributed by atoms with Gasteiger partial charge in [0.05, 0.1) is 11.3 Å². The number of pyridine rings is 1. The minimum absolute atomic E-state index is 0.0758. The fourth-order valence-corrected chi connectivity index (χ4v) is 5.23. The number of hydrogen-bond acceptors (Lipinski definition) is 5. The lowest BCUT2D eigenvalue weighted by Gasteiger charge is -2.11. The molecule has 8 heteroatoms. The van der Waals surface area contributed by atoms with E-state index in [1.807, 2.05) is 42.5 Å². The van der Waals surface area contributed by atoms with Crippen molar-refractivity contribution in [3.05, 3.63) is 89.6 Å². The van der Waals surface area contributed by atoms with Crippen LogP contribution in [0.4, 0.5) is 0 Å². The van der Waals surface area contributed by atoms with Gasteiger partial charge < -0.3 is 5.32 Å². The van der Waals surface area contributed by atoms with Gasteiger partial charge in [0.15, 0.2) is 0 Å². The van der Waals surface area contributed by atoms with E-state index in [1.54, 1.807) is 44.3 Å². The Morgan fingerprint density at radius 3 is 2.32 bits per heavy atom. The van der Waals surface area contributed by atoms with E-state index in [0.29, 0.717) is 22.7 Å². The Morgan fingerprint density at radius 1 is 0.968 bits per heavy atom. The maximum absolute atomic E-state index is 12.7. The number of rotatable bonds is 9. The summed E-state index contributed by atoms with van der Waals surface area (Å²) in [5, 5.41) is 3.56. The summed E-state index contributed by atoms with van der Waals surface area (Å²) in [5.41, 5.74) is 2.09. The molecule has 162 valence electrons. The van der Waals surface area contributed by atoms with Gasteiger partial charge in [-0.25, -0.2) is 18.1 Å². The number of hydrogen-bond donors (Lipinski definition) is 2. The van der Waals surface area contributed by atoms with Crippen molar-refractivity contribution in [3.63, 3.8) is 0 Å². The van der Waals surface area contributed by atoms with E-state index in [-0.39, 0.29) is 17.7 Å². The summed E-state index contributed by atoms with van der Waals surface area (Å²) >= 11 is 1.44. The number of sulfonamides is 1. The number of nitrogens with one attached hydrogen (secondary N) is 2. The van der Waals surface area contributed by atoms with Crippen LogP contribution < -0.4 is 10.0 Å². The Bertz CT molecular complexity index is 1120. The van der Waals surface area contributed by atoms with E-state index in [1.165, 1.54) is 11.8 Å². The molecule has 0 bridgehead atoms. The molecule has 0 fully saturated rings. The van der Waals surface area contributed by atoms with Crippen LogP contribution in [0.25, 0.3) is 0 Å². The molecule has 31 heavy (non-hydrogen) atoms. The van der Waals surface area contributed by atoms with E-state index in [4.69, 9.17) is 0 Å². The summed E-state index contributed by atoms with van der Waals surface area (Å²) in [6, 6.07) is 20.3. The Morgan fingerprint density at radius 2 is 1.65 bits per heavy atom. The van der Waals surface area contributed by atoms with Crippen LogP contribution in [0.15, 0.2) is 82.8 Å². The van der Waals surface area contributed by atoms with Gasteiger partial charge in [-0.2, -0.15) is 0 Å². The number of aromatic nitrogens is 1. The van der Waals surface area contributed by atoms with Crippen LogP contribution in [-0.4, -0.2) is 25.4 Å². The molecule has 1 aromatic heterocycles. The predicted molar refractivity (Wildman–Crippen MR) is 123 cm³/mol. The van der Waals surface area contributed by atoms with Gasteiger partial charge in [-0.15, -0.1) is 0 Å². The summed E-state index contributed by atoms with van der Waals surface area (Å²) in [7, 11) is -3.37. The standard InChI is InChI=1S/C23H25N3O3S2/c1-17(2)26-31(28,29)16-19-12-10-18(11-13-19)15-25-22(27)21-9-6-14-24-23(21)30-20-7-4-3-5-8-20/h3-14,17,26H,15-16H2,1-2H3,(H,25,27). The highest BCUT2D eigenvalue weighted by Gasteiger charge is 2.14. The Labute approximate surface area is 187 Å². The summed E-state index contributed by atoms with van der Waals surface area (Å²) in [5.74, 6) is -0.285. The molecule has 0 aliphatic rings. The molecule has 1 heterocycles. The van der Waals surface area contributed by atoms with Crippen molar-refractivity contribution in [3.8, 4) is 0 Å². The van der Waals surface area contributed by atoms with Crippen molar-refractivity contribution < 1.29 is 13.2 Å². The van der Waals surface area contributed by atoms with Crippen LogP contribution in [0.5, 0.6) is 0 Å². The van der Waals surface area contributed by atoms with Gasteiger partial charge in [0.25, 0.3) is 5.91 Å². The molecule has 0 unspecified atom stereocenters. The van der Waals surface area contributed by atoms with Crippen LogP contribution in [0.3, 0.4) is 0 Å². The van der Waals surface area contributed by atoms with Crippen LogP contribution in [0, 0.1) is 0 Å². The molecule has 1 amide bonds. The molecule has 6 nitrogen and oxygen atoms in total. The first-order valence-electron chi connectivity index (χ1n) is 9.86. The Kier molecular flexibility index (Phi) is 7.84. The fourth-order valence-electron chi connectivity index (χ4n) is 2.90. The molecule has 2 aromatic carbocycles. The van der Waals surface area contributed by atoms with Crippen LogP contribution >= 0.6 is 11.8 Å². The zero-order valence-electron chi connectivity index (χ0n) is 17.4. The topological polar surface area (TPSA) is 88.2 Å². The number of amides is 1. The lowest BCUT2D eigenvalue weighted by atomic mass is 10.1. The van der Waals surface area contributed by atoms with Crippen LogP contribution in [0.1, 0.15) is 35.3 Å². The highest BCUT2D eigenvalue weighted by Crippen LogP contribution is 2.28. The molecule has 0 atom stereocenters. The molecule has 0 aliphatic carbocycles. The summed E-state index contributed by atoms with van der Waals surface area (Å²) in [6.45, 7) is 3.91. The van der Waals surface area contributed by atoms with E-state index in [9.17, 15) is 13.2 Å². The molecule has 0 aliphatic heterocycles. The molecular formula is C23H25N3O3S2. The molecule has 0 radical (unpaired) electrons. The Balaban J connectivity index is 1.61. The van der Waals surface area contributed by atoms with E-state index >= 15 is 0 Å². The number of carbonyl (C=O) groups excluding carboxylic acids is 1. The van der Waals surface area contributed by atoms with Crippen molar-refractivity contribution in [2.24, 2.45) is 0 Å². The van der Waals surface area contributed by atoms with Gasteiger partial charge in [-0.05, 0) is 49.2 Å². The fraction of sp³-hybridized carbons (Fsp3) is 0.217. The van der Waals surface area contributed by atoms with Gasteiger partial charge in [-0.3, -0.25) is 4.79 Å². The van der Waals surface area contributed by atoms with Gasteiger partial charge in [0, 0.05) is 23.7 Å². The van der Waals surface area contributed by atoms with Crippen molar-refractivity contribution in [2.45, 2.75) is 42.1 Å². The van der Waals surface area contributed by atoms with Gasteiger partial charge >= 0.3 is 0 Å². The number of nitrogens with zero attached hydrogens (tertiary/aromatic N) is 1. The quantitative estimate of drug-likeness (QED) is 0.509. The highest BCUT2D eigenvalue weighted by molar-refractivity contribution is 7.99. The summed E-state index contributed by atoms with van der Waals surface area (Å²) in [6.07, 6.45) is 1.67. The molecule has 3 aromatic rings.